The van der Waals surface area contributed by atoms with Gasteiger partial charge in [-0.2, -0.15) is 0 Å². The first-order valence-electron chi connectivity index (χ1n) is 21.6. The monoisotopic (exact) mass is 830 g/mol. The van der Waals surface area contributed by atoms with E-state index in [4.69, 9.17) is 20.6 Å². The number of aldehydes is 1. The molecule has 0 saturated heterocycles. The summed E-state index contributed by atoms with van der Waals surface area (Å²) in [7, 11) is 4.14. The van der Waals surface area contributed by atoms with Gasteiger partial charge in [-0.25, -0.2) is 4.99 Å². The molecule has 8 nitrogen and oxygen atoms in total. The Kier molecular flexibility index (Phi) is 21.1. The maximum atomic E-state index is 9.82. The highest BCUT2D eigenvalue weighted by Gasteiger charge is 2.25. The molecule has 1 atom stereocenters. The second-order valence-electron chi connectivity index (χ2n) is 17.9. The topological polar surface area (TPSA) is 113 Å². The Labute approximate surface area is 368 Å². The van der Waals surface area contributed by atoms with E-state index in [1.54, 1.807) is 0 Å². The number of nitrogens with zero attached hydrogens (tertiary/aromatic N) is 3. The van der Waals surface area contributed by atoms with Gasteiger partial charge in [0.05, 0.1) is 0 Å². The van der Waals surface area contributed by atoms with Gasteiger partial charge in [0, 0.05) is 49.7 Å². The number of aryl methyl sites for hydroxylation is 1. The summed E-state index contributed by atoms with van der Waals surface area (Å²) in [6, 6.07) is 25.3. The van der Waals surface area contributed by atoms with Crippen molar-refractivity contribution in [1.82, 2.24) is 14.8 Å². The van der Waals surface area contributed by atoms with Crippen molar-refractivity contribution in [2.24, 2.45) is 23.2 Å². The van der Waals surface area contributed by atoms with Crippen LogP contribution >= 0.6 is 0 Å². The van der Waals surface area contributed by atoms with Gasteiger partial charge in [0.25, 0.3) is 6.47 Å². The van der Waals surface area contributed by atoms with Crippen molar-refractivity contribution in [3.8, 4) is 33.4 Å². The highest BCUT2D eigenvalue weighted by atomic mass is 16.3. The maximum Gasteiger partial charge on any atom is 0.290 e. The molecule has 3 aromatic carbocycles. The molecule has 0 radical (unpaired) electrons. The fourth-order valence-electron chi connectivity index (χ4n) is 7.36. The highest BCUT2D eigenvalue weighted by molar-refractivity contribution is 5.84. The number of carboxylic acid groups (broad SMARTS) is 1. The molecular weight excluding hydrogens is 755 g/mol. The van der Waals surface area contributed by atoms with E-state index in [1.165, 1.54) is 50.1 Å². The first-order valence-corrected chi connectivity index (χ1v) is 21.6. The van der Waals surface area contributed by atoms with E-state index in [0.717, 1.165) is 67.4 Å². The Morgan fingerprint density at radius 1 is 0.902 bits per heavy atom. The third-order valence-corrected chi connectivity index (χ3v) is 10.3. The van der Waals surface area contributed by atoms with Crippen LogP contribution in [0.25, 0.3) is 33.4 Å². The summed E-state index contributed by atoms with van der Waals surface area (Å²) in [6.45, 7) is 30.7. The van der Waals surface area contributed by atoms with Gasteiger partial charge in [-0.3, -0.25) is 4.79 Å². The second kappa shape index (κ2) is 24.8. The van der Waals surface area contributed by atoms with Crippen LogP contribution in [0.4, 0.5) is 0 Å². The lowest BCUT2D eigenvalue weighted by molar-refractivity contribution is -0.122. The van der Waals surface area contributed by atoms with E-state index in [0.29, 0.717) is 12.5 Å². The summed E-state index contributed by atoms with van der Waals surface area (Å²) in [4.78, 5) is 25.4. The number of nitrogens with one attached hydrogen (secondary N) is 1. The van der Waals surface area contributed by atoms with Crippen LogP contribution in [0.5, 0.6) is 0 Å². The van der Waals surface area contributed by atoms with Crippen LogP contribution in [0.1, 0.15) is 96.9 Å². The van der Waals surface area contributed by atoms with Crippen LogP contribution in [0.15, 0.2) is 115 Å². The molecule has 1 heterocycles. The molecule has 0 bridgehead atoms. The molecule has 8 heteroatoms. The lowest BCUT2D eigenvalue weighted by Gasteiger charge is -2.25. The molecule has 0 aliphatic heterocycles. The minimum Gasteiger partial charge on any atom is -0.483 e. The van der Waals surface area contributed by atoms with Crippen LogP contribution < -0.4 is 16.5 Å². The third kappa shape index (κ3) is 16.9. The van der Waals surface area contributed by atoms with E-state index in [2.05, 4.69) is 143 Å². The number of hydrogen-bond acceptors (Lipinski definition) is 6. The van der Waals surface area contributed by atoms with E-state index < -0.39 is 0 Å². The van der Waals surface area contributed by atoms with Crippen molar-refractivity contribution < 1.29 is 14.7 Å². The average Bonchev–Trinajstić information content (AvgIpc) is 3.58. The standard InChI is InChI=1S/C44H55N5.C6H12O.C2H6.CH2O2/c1-10-33(29-48(8)22-13-14-30(2)45)28-46-43-27-36(21-23-49(43)9)40-16-12-18-42(32(40)4)41-17-11-15-39(31(41)3)35-20-19-34-25-38(26-37(34)24-35)47-44(5,6)7;1-6(2,3)4-5-7;1-2;2-1-3/h10-12,15-21,23-24,27-28,38,47H,1-2,13-14,22,25-26,29,45H2,3-9H3;5H,4H2,1-3H3;1-2H3;1H,(H,2,3)/b33-28+,46-43?;;;. The van der Waals surface area contributed by atoms with E-state index in [-0.39, 0.29) is 17.4 Å². The molecule has 1 aromatic heterocycles. The molecule has 4 N–H and O–H groups in total. The molecule has 1 aliphatic rings. The van der Waals surface area contributed by atoms with Gasteiger partial charge in [0.15, 0.2) is 0 Å². The molecule has 330 valence electrons. The zero-order valence-corrected chi connectivity index (χ0v) is 39.4. The quantitative estimate of drug-likeness (QED) is 0.0914. The summed E-state index contributed by atoms with van der Waals surface area (Å²) in [5.41, 5.74) is 21.7. The van der Waals surface area contributed by atoms with Crippen LogP contribution in [0.2, 0.25) is 0 Å². The number of likely N-dealkylation sites (N-methyl/N-ethyl adjacent to an activating group) is 1. The molecule has 1 unspecified atom stereocenters. The minimum atomic E-state index is -0.250. The van der Waals surface area contributed by atoms with Crippen molar-refractivity contribution in [3.63, 3.8) is 0 Å². The molecule has 5 rings (SSSR count). The molecule has 0 amide bonds. The highest BCUT2D eigenvalue weighted by Crippen LogP contribution is 2.38. The molecule has 61 heavy (non-hydrogen) atoms. The Bertz CT molecular complexity index is 2160. The number of pyridine rings is 1. The first-order chi connectivity index (χ1) is 28.8. The summed E-state index contributed by atoms with van der Waals surface area (Å²) >= 11 is 0. The number of fused-ring (bicyclic) bond motifs is 1. The summed E-state index contributed by atoms with van der Waals surface area (Å²) in [6.07, 6.45) is 11.5. The Balaban J connectivity index is 0.000000946. The van der Waals surface area contributed by atoms with Gasteiger partial charge in [-0.15, -0.1) is 0 Å². The zero-order valence-electron chi connectivity index (χ0n) is 39.4. The fraction of sp³-hybridized carbons (Fsp3) is 0.415. The number of hydrogen-bond donors (Lipinski definition) is 3. The van der Waals surface area contributed by atoms with Crippen LogP contribution in [0, 0.1) is 19.3 Å². The zero-order chi connectivity index (χ0) is 45.9. The van der Waals surface area contributed by atoms with Gasteiger partial charge in [-0.05, 0) is 153 Å². The van der Waals surface area contributed by atoms with Crippen LogP contribution in [0.3, 0.4) is 0 Å². The summed E-state index contributed by atoms with van der Waals surface area (Å²) in [5, 5.41) is 10.7. The van der Waals surface area contributed by atoms with Gasteiger partial charge >= 0.3 is 0 Å². The van der Waals surface area contributed by atoms with Gasteiger partial charge in [-0.1, -0.05) is 108 Å². The largest absolute Gasteiger partial charge is 0.483 e. The number of aromatic nitrogens is 1. The average molecular weight is 830 g/mol. The van der Waals surface area contributed by atoms with E-state index in [9.17, 15) is 4.79 Å². The van der Waals surface area contributed by atoms with Crippen molar-refractivity contribution >= 4 is 12.8 Å². The number of benzene rings is 3. The van der Waals surface area contributed by atoms with Crippen molar-refractivity contribution in [2.75, 3.05) is 20.1 Å². The van der Waals surface area contributed by atoms with Crippen molar-refractivity contribution in [1.29, 1.82) is 0 Å². The van der Waals surface area contributed by atoms with Crippen LogP contribution in [-0.2, 0) is 29.5 Å². The second-order valence-corrected chi connectivity index (χ2v) is 17.9. The van der Waals surface area contributed by atoms with E-state index in [1.807, 2.05) is 53.9 Å². The smallest absolute Gasteiger partial charge is 0.290 e. The van der Waals surface area contributed by atoms with Crippen molar-refractivity contribution in [3.05, 3.63) is 137 Å². The molecule has 4 aromatic rings. The van der Waals surface area contributed by atoms with E-state index >= 15 is 0 Å². The summed E-state index contributed by atoms with van der Waals surface area (Å²) in [5.74, 6) is 0. The third-order valence-electron chi connectivity index (χ3n) is 10.3. The molecule has 1 aliphatic carbocycles. The number of nitrogens with two attached hydrogens (primary N) is 1. The number of rotatable bonds is 13. The molecule has 0 saturated carbocycles. The molecule has 0 fully saturated rings. The van der Waals surface area contributed by atoms with Crippen LogP contribution in [-0.4, -0.2) is 59.0 Å². The minimum absolute atomic E-state index is 0.116. The van der Waals surface area contributed by atoms with Crippen molar-refractivity contribution in [2.45, 2.75) is 113 Å². The SMILES string of the molecule is C=C/C(=C\N=c1cc(-c2cccc(-c3cccc(-c4ccc5c(c4)CC(NC(C)(C)C)C5)c3C)c2C)ccn1C)CN(C)CCCC(=C)N.CC.CC(C)(C)CC=O.O=CO. The number of carbonyl (C=O) groups is 2. The first kappa shape index (κ1) is 51.8. The molecule has 0 spiro atoms. The Morgan fingerprint density at radius 3 is 1.93 bits per heavy atom. The number of allylic oxidation sites excluding steroid dienone is 1. The summed E-state index contributed by atoms with van der Waals surface area (Å²) < 4.78 is 2.06. The predicted molar refractivity (Wildman–Crippen MR) is 259 cm³/mol. The van der Waals surface area contributed by atoms with Gasteiger partial charge in [0.1, 0.15) is 11.8 Å². The van der Waals surface area contributed by atoms with Gasteiger partial charge in [0.2, 0.25) is 0 Å². The molecular formula is C53H75N5O3. The Morgan fingerprint density at radius 2 is 1.44 bits per heavy atom. The maximum absolute atomic E-state index is 9.82. The predicted octanol–water partition coefficient (Wildman–Crippen LogP) is 11.0. The Hall–Kier alpha value is -5.31. The lowest BCUT2D eigenvalue weighted by atomic mass is 9.88. The number of carbonyl (C=O) groups excluding carboxylic acids is 1. The van der Waals surface area contributed by atoms with Gasteiger partial charge < -0.3 is 30.4 Å². The normalized spacial score (nSPS) is 13.8. The fourth-order valence-corrected chi connectivity index (χ4v) is 7.36. The lowest BCUT2D eigenvalue weighted by Crippen LogP contribution is -2.44.